The van der Waals surface area contributed by atoms with Crippen LogP contribution in [0.3, 0.4) is 0 Å². The van der Waals surface area contributed by atoms with Crippen LogP contribution in [0.15, 0.2) is 30.6 Å². The molecule has 1 aliphatic carbocycles. The maximum Gasteiger partial charge on any atom is 0.435 e. The average molecular weight is 472 g/mol. The van der Waals surface area contributed by atoms with Gasteiger partial charge >= 0.3 is 12.4 Å². The predicted molar refractivity (Wildman–Crippen MR) is 102 cm³/mol. The number of hydrogen-bond donors (Lipinski definition) is 1. The topological polar surface area (TPSA) is 77.6 Å². The van der Waals surface area contributed by atoms with E-state index in [0.717, 1.165) is 23.0 Å². The van der Waals surface area contributed by atoms with Crippen LogP contribution >= 0.6 is 0 Å². The number of rotatable bonds is 4. The first kappa shape index (κ1) is 22.8. The van der Waals surface area contributed by atoms with Gasteiger partial charge in [-0.3, -0.25) is 14.5 Å². The standard InChI is InChI=1S/C20H18F6N6O/c1-31-12(8-17(30-31)20(24,25)26)9-18(33)28-14-3-2-4-15-13(14)10-32(29-15)11-5-6-27-16(7-11)19(21,22)23/h5-8,10,14H,2-4,9H2,1H3,(H,28,33). The van der Waals surface area contributed by atoms with Gasteiger partial charge in [-0.05, 0) is 37.5 Å². The van der Waals surface area contributed by atoms with Gasteiger partial charge in [0, 0.05) is 30.7 Å². The monoisotopic (exact) mass is 472 g/mol. The first-order valence-corrected chi connectivity index (χ1v) is 9.93. The van der Waals surface area contributed by atoms with Gasteiger partial charge in [0.1, 0.15) is 5.69 Å². The van der Waals surface area contributed by atoms with Crippen LogP contribution in [-0.2, 0) is 37.0 Å². The van der Waals surface area contributed by atoms with Gasteiger partial charge in [-0.15, -0.1) is 0 Å². The number of aryl methyl sites for hydroxylation is 2. The molecule has 0 saturated heterocycles. The molecule has 0 aliphatic heterocycles. The molecule has 33 heavy (non-hydrogen) atoms. The molecule has 0 fully saturated rings. The summed E-state index contributed by atoms with van der Waals surface area (Å²) in [5.41, 5.74) is -0.565. The van der Waals surface area contributed by atoms with Crippen molar-refractivity contribution < 1.29 is 31.1 Å². The Kier molecular flexibility index (Phi) is 5.66. The van der Waals surface area contributed by atoms with E-state index >= 15 is 0 Å². The number of amides is 1. The Hall–Kier alpha value is -3.38. The lowest BCUT2D eigenvalue weighted by Gasteiger charge is -2.22. The molecule has 3 aromatic rings. The van der Waals surface area contributed by atoms with Gasteiger partial charge in [-0.2, -0.15) is 36.5 Å². The molecular formula is C20H18F6N6O. The smallest absolute Gasteiger partial charge is 0.349 e. The fraction of sp³-hybridized carbons (Fsp3) is 0.400. The first-order chi connectivity index (χ1) is 15.4. The van der Waals surface area contributed by atoms with Crippen molar-refractivity contribution in [3.05, 3.63) is 58.9 Å². The molecule has 0 spiro atoms. The van der Waals surface area contributed by atoms with E-state index in [1.54, 1.807) is 6.20 Å². The van der Waals surface area contributed by atoms with Crippen LogP contribution in [-0.4, -0.2) is 30.5 Å². The van der Waals surface area contributed by atoms with Crippen LogP contribution in [0.25, 0.3) is 5.69 Å². The summed E-state index contributed by atoms with van der Waals surface area (Å²) < 4.78 is 79.8. The summed E-state index contributed by atoms with van der Waals surface area (Å²) in [6, 6.07) is 2.63. The highest BCUT2D eigenvalue weighted by Gasteiger charge is 2.35. The Morgan fingerprint density at radius 2 is 1.85 bits per heavy atom. The summed E-state index contributed by atoms with van der Waals surface area (Å²) >= 11 is 0. The maximum absolute atomic E-state index is 13.0. The van der Waals surface area contributed by atoms with Gasteiger partial charge in [0.25, 0.3) is 0 Å². The molecule has 0 aromatic carbocycles. The zero-order valence-corrected chi connectivity index (χ0v) is 17.2. The van der Waals surface area contributed by atoms with Crippen molar-refractivity contribution in [2.24, 2.45) is 7.05 Å². The lowest BCUT2D eigenvalue weighted by atomic mass is 9.93. The fourth-order valence-electron chi connectivity index (χ4n) is 3.76. The third-order valence-electron chi connectivity index (χ3n) is 5.35. The molecule has 7 nitrogen and oxygen atoms in total. The Bertz CT molecular complexity index is 1180. The van der Waals surface area contributed by atoms with Crippen molar-refractivity contribution in [3.8, 4) is 5.69 Å². The second-order valence-corrected chi connectivity index (χ2v) is 7.70. The Labute approximate surface area is 183 Å². The minimum Gasteiger partial charge on any atom is -0.349 e. The van der Waals surface area contributed by atoms with Crippen LogP contribution in [0.4, 0.5) is 26.3 Å². The average Bonchev–Trinajstić information content (AvgIpc) is 3.32. The van der Waals surface area contributed by atoms with E-state index in [4.69, 9.17) is 0 Å². The Morgan fingerprint density at radius 1 is 1.12 bits per heavy atom. The number of hydrogen-bond acceptors (Lipinski definition) is 4. The number of pyridine rings is 1. The lowest BCUT2D eigenvalue weighted by Crippen LogP contribution is -2.32. The van der Waals surface area contributed by atoms with Gasteiger partial charge in [0.2, 0.25) is 5.91 Å². The van der Waals surface area contributed by atoms with Crippen LogP contribution in [0.2, 0.25) is 0 Å². The van der Waals surface area contributed by atoms with Gasteiger partial charge in [-0.1, -0.05) is 0 Å². The van der Waals surface area contributed by atoms with Crippen molar-refractivity contribution >= 4 is 5.91 Å². The van der Waals surface area contributed by atoms with Crippen molar-refractivity contribution in [1.82, 2.24) is 29.9 Å². The number of nitrogens with one attached hydrogen (secondary N) is 1. The van der Waals surface area contributed by atoms with E-state index in [2.05, 4.69) is 20.5 Å². The number of aromatic nitrogens is 5. The fourth-order valence-corrected chi connectivity index (χ4v) is 3.76. The van der Waals surface area contributed by atoms with E-state index < -0.39 is 35.7 Å². The zero-order chi connectivity index (χ0) is 24.0. The Morgan fingerprint density at radius 3 is 2.52 bits per heavy atom. The third kappa shape index (κ3) is 4.86. The number of nitrogens with zero attached hydrogens (tertiary/aromatic N) is 5. The molecule has 0 bridgehead atoms. The number of carbonyl (C=O) groups is 1. The number of fused-ring (bicyclic) bond motifs is 1. The summed E-state index contributed by atoms with van der Waals surface area (Å²) in [5.74, 6) is -0.499. The first-order valence-electron chi connectivity index (χ1n) is 9.93. The Balaban J connectivity index is 1.52. The molecule has 0 radical (unpaired) electrons. The normalized spacial score (nSPS) is 16.5. The van der Waals surface area contributed by atoms with Crippen LogP contribution in [0.5, 0.6) is 0 Å². The van der Waals surface area contributed by atoms with E-state index in [1.165, 1.54) is 17.8 Å². The van der Waals surface area contributed by atoms with E-state index in [0.29, 0.717) is 30.5 Å². The highest BCUT2D eigenvalue weighted by Crippen LogP contribution is 2.32. The van der Waals surface area contributed by atoms with E-state index in [1.807, 2.05) is 0 Å². The van der Waals surface area contributed by atoms with Crippen LogP contribution in [0.1, 0.15) is 47.2 Å². The minimum absolute atomic E-state index is 0.100. The van der Waals surface area contributed by atoms with Crippen molar-refractivity contribution in [2.75, 3.05) is 0 Å². The molecule has 4 rings (SSSR count). The summed E-state index contributed by atoms with van der Waals surface area (Å²) in [6.45, 7) is 0. The van der Waals surface area contributed by atoms with E-state index in [9.17, 15) is 31.1 Å². The van der Waals surface area contributed by atoms with Crippen LogP contribution in [0, 0.1) is 0 Å². The zero-order valence-electron chi connectivity index (χ0n) is 17.2. The van der Waals surface area contributed by atoms with Gasteiger partial charge in [-0.25, -0.2) is 4.68 Å². The predicted octanol–water partition coefficient (Wildman–Crippen LogP) is 3.77. The highest BCUT2D eigenvalue weighted by atomic mass is 19.4. The van der Waals surface area contributed by atoms with Crippen molar-refractivity contribution in [2.45, 2.75) is 44.1 Å². The summed E-state index contributed by atoms with van der Waals surface area (Å²) in [4.78, 5) is 15.9. The quantitative estimate of drug-likeness (QED) is 0.587. The van der Waals surface area contributed by atoms with Crippen molar-refractivity contribution in [3.63, 3.8) is 0 Å². The number of carbonyl (C=O) groups excluding carboxylic acids is 1. The molecule has 13 heteroatoms. The SMILES string of the molecule is Cn1nc(C(F)(F)F)cc1CC(=O)NC1CCCc2nn(-c3ccnc(C(F)(F)F)c3)cc21. The van der Waals surface area contributed by atoms with Crippen LogP contribution < -0.4 is 5.32 Å². The molecule has 1 unspecified atom stereocenters. The highest BCUT2D eigenvalue weighted by molar-refractivity contribution is 5.78. The maximum atomic E-state index is 13.0. The van der Waals surface area contributed by atoms with E-state index in [-0.39, 0.29) is 17.8 Å². The van der Waals surface area contributed by atoms with Gasteiger partial charge < -0.3 is 5.32 Å². The molecular weight excluding hydrogens is 454 g/mol. The molecule has 3 heterocycles. The number of halogens is 6. The molecule has 0 saturated carbocycles. The molecule has 1 N–H and O–H groups in total. The second kappa shape index (κ2) is 8.19. The minimum atomic E-state index is -4.61. The number of alkyl halides is 6. The lowest BCUT2D eigenvalue weighted by molar-refractivity contribution is -0.142. The van der Waals surface area contributed by atoms with Gasteiger partial charge in [0.05, 0.1) is 23.8 Å². The molecule has 3 aromatic heterocycles. The second-order valence-electron chi connectivity index (χ2n) is 7.70. The molecule has 1 aliphatic rings. The molecule has 1 atom stereocenters. The van der Waals surface area contributed by atoms with Gasteiger partial charge in [0.15, 0.2) is 5.69 Å². The summed E-state index contributed by atoms with van der Waals surface area (Å²) in [5, 5.41) is 10.5. The molecule has 176 valence electrons. The molecule has 1 amide bonds. The van der Waals surface area contributed by atoms with Crippen molar-refractivity contribution in [1.29, 1.82) is 0 Å². The summed E-state index contributed by atoms with van der Waals surface area (Å²) in [7, 11) is 1.32. The third-order valence-corrected chi connectivity index (χ3v) is 5.35. The summed E-state index contributed by atoms with van der Waals surface area (Å²) in [6.07, 6.45) is -5.09. The largest absolute Gasteiger partial charge is 0.435 e.